The Morgan fingerprint density at radius 2 is 2.00 bits per heavy atom. The van der Waals surface area contributed by atoms with Crippen molar-refractivity contribution in [1.29, 1.82) is 0 Å². The Labute approximate surface area is 106 Å². The van der Waals surface area contributed by atoms with Crippen LogP contribution in [0.3, 0.4) is 0 Å². The average molecular weight is 254 g/mol. The van der Waals surface area contributed by atoms with Crippen LogP contribution in [0.5, 0.6) is 11.5 Å². The molecule has 0 radical (unpaired) electrons. The van der Waals surface area contributed by atoms with Gasteiger partial charge in [0.1, 0.15) is 0 Å². The fraction of sp³-hybridized carbons (Fsp3) is 0.417. The van der Waals surface area contributed by atoms with Gasteiger partial charge < -0.3 is 19.6 Å². The minimum absolute atomic E-state index is 0.171. The molecule has 0 spiro atoms. The molecule has 0 aliphatic carbocycles. The first-order valence-corrected chi connectivity index (χ1v) is 5.47. The van der Waals surface area contributed by atoms with Crippen molar-refractivity contribution in [1.82, 2.24) is 5.32 Å². The molecule has 0 saturated heterocycles. The number of hydrogen-bond acceptors (Lipinski definition) is 5. The number of nitrogens with one attached hydrogen (secondary N) is 1. The van der Waals surface area contributed by atoms with Crippen molar-refractivity contribution in [3.8, 4) is 11.5 Å². The van der Waals surface area contributed by atoms with Gasteiger partial charge in [0.2, 0.25) is 0 Å². The van der Waals surface area contributed by atoms with Gasteiger partial charge in [-0.25, -0.2) is 5.90 Å². The highest BCUT2D eigenvalue weighted by Crippen LogP contribution is 2.27. The van der Waals surface area contributed by atoms with E-state index in [2.05, 4.69) is 10.2 Å². The van der Waals surface area contributed by atoms with Crippen LogP contribution in [0.2, 0.25) is 0 Å². The maximum absolute atomic E-state index is 11.9. The normalized spacial score (nSPS) is 11.8. The van der Waals surface area contributed by atoms with Crippen molar-refractivity contribution in [2.24, 2.45) is 5.90 Å². The number of carbonyl (C=O) groups is 1. The number of methoxy groups -OCH3 is 2. The average Bonchev–Trinajstić information content (AvgIpc) is 2.38. The minimum atomic E-state index is -0.222. The second-order valence-electron chi connectivity index (χ2n) is 3.78. The second kappa shape index (κ2) is 6.83. The zero-order valence-corrected chi connectivity index (χ0v) is 10.7. The lowest BCUT2D eigenvalue weighted by molar-refractivity contribution is 0.0857. The fourth-order valence-corrected chi connectivity index (χ4v) is 1.47. The molecule has 1 unspecified atom stereocenters. The summed E-state index contributed by atoms with van der Waals surface area (Å²) in [6.45, 7) is 2.05. The Morgan fingerprint density at radius 3 is 2.56 bits per heavy atom. The summed E-state index contributed by atoms with van der Waals surface area (Å²) in [6.07, 6.45) is 0. The second-order valence-corrected chi connectivity index (χ2v) is 3.78. The zero-order chi connectivity index (χ0) is 13.5. The van der Waals surface area contributed by atoms with Crippen molar-refractivity contribution in [3.05, 3.63) is 23.8 Å². The van der Waals surface area contributed by atoms with E-state index >= 15 is 0 Å². The molecule has 6 nitrogen and oxygen atoms in total. The molecule has 0 aliphatic heterocycles. The zero-order valence-electron chi connectivity index (χ0n) is 10.7. The van der Waals surface area contributed by atoms with E-state index in [0.717, 1.165) is 0 Å². The number of hydrogen-bond donors (Lipinski definition) is 2. The summed E-state index contributed by atoms with van der Waals surface area (Å²) in [7, 11) is 3.06. The topological polar surface area (TPSA) is 82.8 Å². The number of carbonyl (C=O) groups excluding carboxylic acids is 1. The van der Waals surface area contributed by atoms with Crippen molar-refractivity contribution >= 4 is 5.91 Å². The Hall–Kier alpha value is -1.79. The number of nitrogens with two attached hydrogens (primary N) is 1. The molecule has 18 heavy (non-hydrogen) atoms. The van der Waals surface area contributed by atoms with Crippen molar-refractivity contribution < 1.29 is 19.1 Å². The van der Waals surface area contributed by atoms with Crippen LogP contribution in [0, 0.1) is 0 Å². The molecule has 0 saturated carbocycles. The Morgan fingerprint density at radius 1 is 1.33 bits per heavy atom. The quantitative estimate of drug-likeness (QED) is 0.731. The van der Waals surface area contributed by atoms with Crippen LogP contribution in [0.25, 0.3) is 0 Å². The molecule has 100 valence electrons. The van der Waals surface area contributed by atoms with Gasteiger partial charge in [-0.15, -0.1) is 0 Å². The number of rotatable bonds is 6. The summed E-state index contributed by atoms with van der Waals surface area (Å²) in [4.78, 5) is 16.4. The van der Waals surface area contributed by atoms with Crippen LogP contribution < -0.4 is 20.7 Å². The van der Waals surface area contributed by atoms with Gasteiger partial charge in [0.05, 0.1) is 26.9 Å². The van der Waals surface area contributed by atoms with Gasteiger partial charge >= 0.3 is 0 Å². The first kappa shape index (κ1) is 14.3. The summed E-state index contributed by atoms with van der Waals surface area (Å²) < 4.78 is 10.2. The van der Waals surface area contributed by atoms with E-state index in [1.165, 1.54) is 14.2 Å². The first-order chi connectivity index (χ1) is 8.62. The summed E-state index contributed by atoms with van der Waals surface area (Å²) in [6, 6.07) is 4.78. The molecule has 3 N–H and O–H groups in total. The van der Waals surface area contributed by atoms with Crippen molar-refractivity contribution in [3.63, 3.8) is 0 Å². The van der Waals surface area contributed by atoms with Gasteiger partial charge in [-0.1, -0.05) is 0 Å². The molecule has 1 amide bonds. The van der Waals surface area contributed by atoms with Crippen LogP contribution in [-0.4, -0.2) is 32.8 Å². The predicted octanol–water partition coefficient (Wildman–Crippen LogP) is 0.712. The molecule has 6 heteroatoms. The molecule has 0 heterocycles. The van der Waals surface area contributed by atoms with E-state index in [-0.39, 0.29) is 18.6 Å². The van der Waals surface area contributed by atoms with Crippen molar-refractivity contribution in [2.45, 2.75) is 13.0 Å². The van der Waals surface area contributed by atoms with Gasteiger partial charge in [-0.2, -0.15) is 0 Å². The number of ether oxygens (including phenoxy) is 2. The summed E-state index contributed by atoms with van der Waals surface area (Å²) >= 11 is 0. The summed E-state index contributed by atoms with van der Waals surface area (Å²) in [5.74, 6) is 5.80. The molecule has 1 aromatic carbocycles. The van der Waals surface area contributed by atoms with Crippen LogP contribution >= 0.6 is 0 Å². The fourth-order valence-electron chi connectivity index (χ4n) is 1.47. The molecule has 1 aromatic rings. The predicted molar refractivity (Wildman–Crippen MR) is 66.6 cm³/mol. The summed E-state index contributed by atoms with van der Waals surface area (Å²) in [5, 5.41) is 2.75. The van der Waals surface area contributed by atoms with Gasteiger partial charge in [-0.05, 0) is 25.1 Å². The maximum atomic E-state index is 11.9. The van der Waals surface area contributed by atoms with Gasteiger partial charge in [0.15, 0.2) is 11.5 Å². The van der Waals surface area contributed by atoms with Crippen molar-refractivity contribution in [2.75, 3.05) is 20.8 Å². The van der Waals surface area contributed by atoms with E-state index < -0.39 is 0 Å². The highest BCUT2D eigenvalue weighted by molar-refractivity contribution is 5.95. The van der Waals surface area contributed by atoms with E-state index in [1.807, 2.05) is 0 Å². The Balaban J connectivity index is 2.80. The standard InChI is InChI=1S/C12H18N2O4/c1-8(7-18-13)14-12(15)9-4-5-10(16-2)11(6-9)17-3/h4-6,8H,7,13H2,1-3H3,(H,14,15). The molecular formula is C12H18N2O4. The lowest BCUT2D eigenvalue weighted by atomic mass is 10.1. The van der Waals surface area contributed by atoms with E-state index in [4.69, 9.17) is 15.4 Å². The highest BCUT2D eigenvalue weighted by atomic mass is 16.6. The number of benzene rings is 1. The molecular weight excluding hydrogens is 236 g/mol. The number of amides is 1. The van der Waals surface area contributed by atoms with Crippen LogP contribution in [0.4, 0.5) is 0 Å². The highest BCUT2D eigenvalue weighted by Gasteiger charge is 2.12. The van der Waals surface area contributed by atoms with Crippen LogP contribution in [0.1, 0.15) is 17.3 Å². The van der Waals surface area contributed by atoms with E-state index in [0.29, 0.717) is 17.1 Å². The third-order valence-electron chi connectivity index (χ3n) is 2.37. The Kier molecular flexibility index (Phi) is 5.41. The lowest BCUT2D eigenvalue weighted by Crippen LogP contribution is -2.36. The lowest BCUT2D eigenvalue weighted by Gasteiger charge is -2.13. The molecule has 0 aromatic heterocycles. The molecule has 1 rings (SSSR count). The van der Waals surface area contributed by atoms with E-state index in [9.17, 15) is 4.79 Å². The molecule has 0 fully saturated rings. The van der Waals surface area contributed by atoms with E-state index in [1.54, 1.807) is 25.1 Å². The largest absolute Gasteiger partial charge is 0.493 e. The summed E-state index contributed by atoms with van der Waals surface area (Å²) in [5.41, 5.74) is 0.483. The third-order valence-corrected chi connectivity index (χ3v) is 2.37. The van der Waals surface area contributed by atoms with Gasteiger partial charge in [-0.3, -0.25) is 4.79 Å². The molecule has 1 atom stereocenters. The third kappa shape index (κ3) is 3.61. The smallest absolute Gasteiger partial charge is 0.251 e. The first-order valence-electron chi connectivity index (χ1n) is 5.47. The SMILES string of the molecule is COc1ccc(C(=O)NC(C)CON)cc1OC. The van der Waals surface area contributed by atoms with Crippen LogP contribution in [0.15, 0.2) is 18.2 Å². The van der Waals surface area contributed by atoms with Gasteiger partial charge in [0, 0.05) is 5.56 Å². The van der Waals surface area contributed by atoms with Crippen LogP contribution in [-0.2, 0) is 4.84 Å². The molecule has 0 aliphatic rings. The Bertz CT molecular complexity index is 409. The maximum Gasteiger partial charge on any atom is 0.251 e. The minimum Gasteiger partial charge on any atom is -0.493 e. The van der Waals surface area contributed by atoms with Gasteiger partial charge in [0.25, 0.3) is 5.91 Å². The monoisotopic (exact) mass is 254 g/mol. The molecule has 0 bridgehead atoms.